The number of aromatic amines is 1. The molecule has 0 unspecified atom stereocenters. The molecule has 1 aromatic carbocycles. The number of nitrogens with one attached hydrogen (secondary N) is 1. The van der Waals surface area contributed by atoms with Crippen molar-refractivity contribution in [2.75, 3.05) is 0 Å². The lowest BCUT2D eigenvalue weighted by atomic mass is 10.0. The monoisotopic (exact) mass is 259 g/mol. The van der Waals surface area contributed by atoms with Gasteiger partial charge in [0.05, 0.1) is 5.69 Å². The summed E-state index contributed by atoms with van der Waals surface area (Å²) in [6.45, 7) is 1.97. The normalized spacial score (nSPS) is 10.4. The van der Waals surface area contributed by atoms with Crippen LogP contribution >= 0.6 is 0 Å². The Morgan fingerprint density at radius 3 is 2.63 bits per heavy atom. The molecule has 0 aliphatic carbocycles. The van der Waals surface area contributed by atoms with Crippen LogP contribution < -0.4 is 5.43 Å². The number of benzene rings is 1. The standard InChI is InChI=1S/C14H13NO4/c1-2-8-5-3-4-6-9(8)10-7-11(16)13(17)12(15-10)14(18)19/h3-7,17H,2H2,1H3,(H,15,16)(H,18,19). The number of carbonyl (C=O) groups is 1. The number of pyridine rings is 1. The van der Waals surface area contributed by atoms with E-state index in [1.165, 1.54) is 6.07 Å². The highest BCUT2D eigenvalue weighted by Gasteiger charge is 2.16. The molecular formula is C14H13NO4. The van der Waals surface area contributed by atoms with Gasteiger partial charge in [0.25, 0.3) is 0 Å². The van der Waals surface area contributed by atoms with E-state index >= 15 is 0 Å². The lowest BCUT2D eigenvalue weighted by Crippen LogP contribution is -2.11. The van der Waals surface area contributed by atoms with Gasteiger partial charge in [-0.25, -0.2) is 4.79 Å². The van der Waals surface area contributed by atoms with Crippen molar-refractivity contribution in [1.29, 1.82) is 0 Å². The second-order valence-electron chi connectivity index (χ2n) is 4.09. The lowest BCUT2D eigenvalue weighted by molar-refractivity contribution is 0.0687. The fourth-order valence-electron chi connectivity index (χ4n) is 1.94. The number of aromatic hydroxyl groups is 1. The van der Waals surface area contributed by atoms with Crippen LogP contribution in [-0.2, 0) is 6.42 Å². The van der Waals surface area contributed by atoms with Gasteiger partial charge in [0.2, 0.25) is 5.43 Å². The number of rotatable bonds is 3. The Labute approximate surface area is 109 Å². The number of hydrogen-bond acceptors (Lipinski definition) is 3. The molecular weight excluding hydrogens is 246 g/mol. The minimum absolute atomic E-state index is 0.387. The van der Waals surface area contributed by atoms with Gasteiger partial charge in [0.1, 0.15) is 0 Å². The highest BCUT2D eigenvalue weighted by Crippen LogP contribution is 2.23. The molecule has 0 aliphatic rings. The quantitative estimate of drug-likeness (QED) is 0.786. The third-order valence-corrected chi connectivity index (χ3v) is 2.91. The van der Waals surface area contributed by atoms with Crippen LogP contribution in [0, 0.1) is 0 Å². The minimum Gasteiger partial charge on any atom is -0.502 e. The molecule has 0 saturated carbocycles. The van der Waals surface area contributed by atoms with Gasteiger partial charge >= 0.3 is 5.97 Å². The fraction of sp³-hybridized carbons (Fsp3) is 0.143. The SMILES string of the molecule is CCc1ccccc1-c1cc(=O)c(O)c(C(=O)O)[nH]1. The molecule has 5 heteroatoms. The summed E-state index contributed by atoms with van der Waals surface area (Å²) in [4.78, 5) is 25.2. The average molecular weight is 259 g/mol. The van der Waals surface area contributed by atoms with Crippen LogP contribution in [0.5, 0.6) is 5.75 Å². The molecule has 98 valence electrons. The van der Waals surface area contributed by atoms with Crippen molar-refractivity contribution in [3.63, 3.8) is 0 Å². The zero-order valence-electron chi connectivity index (χ0n) is 10.3. The van der Waals surface area contributed by atoms with Gasteiger partial charge in [-0.15, -0.1) is 0 Å². The van der Waals surface area contributed by atoms with Crippen LogP contribution in [0.3, 0.4) is 0 Å². The Morgan fingerprint density at radius 2 is 2.00 bits per heavy atom. The zero-order chi connectivity index (χ0) is 14.0. The molecule has 0 aliphatic heterocycles. The number of aromatic nitrogens is 1. The molecule has 1 aromatic heterocycles. The Hall–Kier alpha value is -2.56. The second kappa shape index (κ2) is 4.97. The van der Waals surface area contributed by atoms with Gasteiger partial charge in [-0.2, -0.15) is 0 Å². The third kappa shape index (κ3) is 2.35. The predicted octanol–water partition coefficient (Wildman–Crippen LogP) is 2.01. The van der Waals surface area contributed by atoms with E-state index in [1.807, 2.05) is 19.1 Å². The Kier molecular flexibility index (Phi) is 3.37. The molecule has 2 rings (SSSR count). The molecule has 5 nitrogen and oxygen atoms in total. The first-order valence-electron chi connectivity index (χ1n) is 5.82. The lowest BCUT2D eigenvalue weighted by Gasteiger charge is -2.09. The van der Waals surface area contributed by atoms with Gasteiger partial charge < -0.3 is 15.2 Å². The van der Waals surface area contributed by atoms with E-state index in [-0.39, 0.29) is 0 Å². The summed E-state index contributed by atoms with van der Waals surface area (Å²) in [5, 5.41) is 18.4. The van der Waals surface area contributed by atoms with E-state index in [1.54, 1.807) is 12.1 Å². The predicted molar refractivity (Wildman–Crippen MR) is 70.5 cm³/mol. The Morgan fingerprint density at radius 1 is 1.32 bits per heavy atom. The number of carboxylic acids is 1. The van der Waals surface area contributed by atoms with Crippen molar-refractivity contribution in [3.8, 4) is 17.0 Å². The number of carboxylic acid groups (broad SMARTS) is 1. The maximum absolute atomic E-state index is 11.6. The maximum atomic E-state index is 11.6. The van der Waals surface area contributed by atoms with E-state index < -0.39 is 22.8 Å². The largest absolute Gasteiger partial charge is 0.502 e. The first-order chi connectivity index (χ1) is 9.04. The summed E-state index contributed by atoms with van der Waals surface area (Å²) in [5.74, 6) is -2.14. The van der Waals surface area contributed by atoms with Crippen molar-refractivity contribution < 1.29 is 15.0 Å². The Balaban J connectivity index is 2.70. The van der Waals surface area contributed by atoms with Gasteiger partial charge in [-0.05, 0) is 12.0 Å². The summed E-state index contributed by atoms with van der Waals surface area (Å²) in [7, 11) is 0. The molecule has 0 bridgehead atoms. The highest BCUT2D eigenvalue weighted by atomic mass is 16.4. The smallest absolute Gasteiger partial charge is 0.356 e. The van der Waals surface area contributed by atoms with E-state index in [2.05, 4.69) is 4.98 Å². The molecule has 3 N–H and O–H groups in total. The molecule has 0 spiro atoms. The number of H-pyrrole nitrogens is 1. The van der Waals surface area contributed by atoms with Crippen LogP contribution in [-0.4, -0.2) is 21.2 Å². The van der Waals surface area contributed by atoms with E-state index in [9.17, 15) is 14.7 Å². The van der Waals surface area contributed by atoms with Crippen LogP contribution in [0.1, 0.15) is 23.0 Å². The van der Waals surface area contributed by atoms with E-state index in [0.29, 0.717) is 5.69 Å². The van der Waals surface area contributed by atoms with E-state index in [0.717, 1.165) is 17.5 Å². The van der Waals surface area contributed by atoms with Crippen LogP contribution in [0.25, 0.3) is 11.3 Å². The van der Waals surface area contributed by atoms with Crippen molar-refractivity contribution in [2.24, 2.45) is 0 Å². The first-order valence-corrected chi connectivity index (χ1v) is 5.82. The van der Waals surface area contributed by atoms with Crippen molar-refractivity contribution in [1.82, 2.24) is 4.98 Å². The van der Waals surface area contributed by atoms with Gasteiger partial charge in [0.15, 0.2) is 11.4 Å². The van der Waals surface area contributed by atoms with Crippen molar-refractivity contribution in [2.45, 2.75) is 13.3 Å². The summed E-state index contributed by atoms with van der Waals surface area (Å²) >= 11 is 0. The van der Waals surface area contributed by atoms with Crippen LogP contribution in [0.2, 0.25) is 0 Å². The first kappa shape index (κ1) is 12.9. The molecule has 2 aromatic rings. The average Bonchev–Trinajstić information content (AvgIpc) is 2.41. The summed E-state index contributed by atoms with van der Waals surface area (Å²) in [5.41, 5.74) is 0.924. The van der Waals surface area contributed by atoms with Gasteiger partial charge in [-0.3, -0.25) is 4.79 Å². The highest BCUT2D eigenvalue weighted by molar-refractivity contribution is 5.89. The Bertz CT molecular complexity index is 688. The van der Waals surface area contributed by atoms with Crippen molar-refractivity contribution >= 4 is 5.97 Å². The molecule has 0 fully saturated rings. The fourth-order valence-corrected chi connectivity index (χ4v) is 1.94. The van der Waals surface area contributed by atoms with Crippen LogP contribution in [0.15, 0.2) is 35.1 Å². The van der Waals surface area contributed by atoms with E-state index in [4.69, 9.17) is 5.11 Å². The van der Waals surface area contributed by atoms with Gasteiger partial charge in [0, 0.05) is 11.6 Å². The molecule has 0 amide bonds. The third-order valence-electron chi connectivity index (χ3n) is 2.91. The topological polar surface area (TPSA) is 90.4 Å². The molecule has 0 atom stereocenters. The molecule has 0 saturated heterocycles. The number of aryl methyl sites for hydroxylation is 1. The maximum Gasteiger partial charge on any atom is 0.356 e. The number of hydrogen-bond donors (Lipinski definition) is 3. The number of aromatic carboxylic acids is 1. The second-order valence-corrected chi connectivity index (χ2v) is 4.09. The molecule has 1 heterocycles. The van der Waals surface area contributed by atoms with Crippen LogP contribution in [0.4, 0.5) is 0 Å². The summed E-state index contributed by atoms with van der Waals surface area (Å²) < 4.78 is 0. The minimum atomic E-state index is -1.37. The zero-order valence-corrected chi connectivity index (χ0v) is 10.3. The summed E-state index contributed by atoms with van der Waals surface area (Å²) in [6.07, 6.45) is 0.751. The molecule has 0 radical (unpaired) electrons. The van der Waals surface area contributed by atoms with Gasteiger partial charge in [-0.1, -0.05) is 31.2 Å². The summed E-state index contributed by atoms with van der Waals surface area (Å²) in [6, 6.07) is 8.59. The van der Waals surface area contributed by atoms with Crippen molar-refractivity contribution in [3.05, 3.63) is 51.8 Å². The molecule has 19 heavy (non-hydrogen) atoms.